The van der Waals surface area contributed by atoms with Gasteiger partial charge in [-0.2, -0.15) is 0 Å². The predicted molar refractivity (Wildman–Crippen MR) is 111 cm³/mol. The quantitative estimate of drug-likeness (QED) is 0.584. The first-order chi connectivity index (χ1) is 12.8. The number of fused-ring (bicyclic) bond motifs is 3. The SMILES string of the molecule is C#CCOC[C@H]1CCc2sc3ncnc(OC4CCC(NC)CC4)c3c21.Cl. The van der Waals surface area contributed by atoms with Gasteiger partial charge >= 0.3 is 0 Å². The Morgan fingerprint density at radius 1 is 1.26 bits per heavy atom. The average molecular weight is 408 g/mol. The number of hydrogen-bond acceptors (Lipinski definition) is 6. The molecule has 0 saturated heterocycles. The molecule has 2 aromatic rings. The molecule has 7 heteroatoms. The van der Waals surface area contributed by atoms with Gasteiger partial charge < -0.3 is 14.8 Å². The predicted octanol–water partition coefficient (Wildman–Crippen LogP) is 3.70. The van der Waals surface area contributed by atoms with Gasteiger partial charge in [0.2, 0.25) is 5.88 Å². The molecule has 0 amide bonds. The van der Waals surface area contributed by atoms with E-state index in [1.54, 1.807) is 17.7 Å². The fourth-order valence-corrected chi connectivity index (χ4v) is 5.41. The van der Waals surface area contributed by atoms with Crippen molar-refractivity contribution in [2.75, 3.05) is 20.3 Å². The maximum absolute atomic E-state index is 6.37. The van der Waals surface area contributed by atoms with Crippen LogP contribution in [0.2, 0.25) is 0 Å². The number of terminal acetylenes is 1. The summed E-state index contributed by atoms with van der Waals surface area (Å²) in [6.07, 6.45) is 13.8. The Bertz CT molecular complexity index is 811. The Morgan fingerprint density at radius 2 is 2.07 bits per heavy atom. The van der Waals surface area contributed by atoms with Crippen molar-refractivity contribution in [1.29, 1.82) is 0 Å². The number of aromatic nitrogens is 2. The molecule has 0 spiro atoms. The molecule has 2 aromatic heterocycles. The summed E-state index contributed by atoms with van der Waals surface area (Å²) in [5.74, 6) is 3.66. The van der Waals surface area contributed by atoms with E-state index in [0.29, 0.717) is 25.2 Å². The van der Waals surface area contributed by atoms with Gasteiger partial charge in [0.05, 0.1) is 12.0 Å². The molecule has 4 rings (SSSR count). The van der Waals surface area contributed by atoms with Crippen molar-refractivity contribution in [3.05, 3.63) is 16.8 Å². The monoisotopic (exact) mass is 407 g/mol. The van der Waals surface area contributed by atoms with Crippen molar-refractivity contribution in [2.24, 2.45) is 0 Å². The number of ether oxygens (including phenoxy) is 2. The third-order valence-electron chi connectivity index (χ3n) is 5.56. The summed E-state index contributed by atoms with van der Waals surface area (Å²) < 4.78 is 12.0. The first-order valence-electron chi connectivity index (χ1n) is 9.41. The molecule has 1 saturated carbocycles. The highest BCUT2D eigenvalue weighted by molar-refractivity contribution is 7.19. The van der Waals surface area contributed by atoms with Crippen LogP contribution in [-0.2, 0) is 11.2 Å². The lowest BCUT2D eigenvalue weighted by atomic mass is 9.93. The van der Waals surface area contributed by atoms with E-state index >= 15 is 0 Å². The molecule has 0 radical (unpaired) electrons. The smallest absolute Gasteiger partial charge is 0.225 e. The maximum atomic E-state index is 6.37. The lowest BCUT2D eigenvalue weighted by Gasteiger charge is -2.28. The van der Waals surface area contributed by atoms with E-state index in [2.05, 4.69) is 21.2 Å². The largest absolute Gasteiger partial charge is 0.474 e. The van der Waals surface area contributed by atoms with Gasteiger partial charge in [-0.3, -0.25) is 0 Å². The van der Waals surface area contributed by atoms with Gasteiger partial charge in [-0.25, -0.2) is 9.97 Å². The second kappa shape index (κ2) is 9.20. The summed E-state index contributed by atoms with van der Waals surface area (Å²) in [5.41, 5.74) is 1.33. The van der Waals surface area contributed by atoms with Gasteiger partial charge in [0.1, 0.15) is 23.9 Å². The summed E-state index contributed by atoms with van der Waals surface area (Å²) in [5, 5.41) is 4.48. The average Bonchev–Trinajstić information content (AvgIpc) is 3.22. The molecule has 5 nitrogen and oxygen atoms in total. The van der Waals surface area contributed by atoms with E-state index in [0.717, 1.165) is 54.6 Å². The summed E-state index contributed by atoms with van der Waals surface area (Å²) in [6, 6.07) is 0.614. The first kappa shape index (κ1) is 20.3. The normalized spacial score (nSPS) is 24.2. The maximum Gasteiger partial charge on any atom is 0.225 e. The summed E-state index contributed by atoms with van der Waals surface area (Å²) in [7, 11) is 2.04. The van der Waals surface area contributed by atoms with Crippen molar-refractivity contribution < 1.29 is 9.47 Å². The number of hydrogen-bond donors (Lipinski definition) is 1. The van der Waals surface area contributed by atoms with Gasteiger partial charge in [0.15, 0.2) is 0 Å². The van der Waals surface area contributed by atoms with Crippen molar-refractivity contribution in [2.45, 2.75) is 56.6 Å². The third-order valence-corrected chi connectivity index (χ3v) is 6.73. The summed E-state index contributed by atoms with van der Waals surface area (Å²) in [6.45, 7) is 1.02. The fraction of sp³-hybridized carbons (Fsp3) is 0.600. The van der Waals surface area contributed by atoms with E-state index in [9.17, 15) is 0 Å². The van der Waals surface area contributed by atoms with E-state index in [1.165, 1.54) is 10.4 Å². The molecule has 146 valence electrons. The molecular formula is C20H26ClN3O2S. The van der Waals surface area contributed by atoms with Gasteiger partial charge in [-0.1, -0.05) is 5.92 Å². The number of nitrogens with zero attached hydrogens (tertiary/aromatic N) is 2. The van der Waals surface area contributed by atoms with Crippen LogP contribution >= 0.6 is 23.7 Å². The minimum atomic E-state index is 0. The molecule has 2 aliphatic rings. The zero-order chi connectivity index (χ0) is 17.9. The number of rotatable bonds is 6. The van der Waals surface area contributed by atoms with E-state index in [1.807, 2.05) is 7.05 Å². The van der Waals surface area contributed by atoms with Crippen LogP contribution in [0.15, 0.2) is 6.33 Å². The van der Waals surface area contributed by atoms with Crippen LogP contribution in [0.25, 0.3) is 10.2 Å². The van der Waals surface area contributed by atoms with Crippen LogP contribution in [0, 0.1) is 12.3 Å². The highest BCUT2D eigenvalue weighted by Crippen LogP contribution is 2.46. The molecule has 2 heterocycles. The minimum Gasteiger partial charge on any atom is -0.474 e. The highest BCUT2D eigenvalue weighted by atomic mass is 35.5. The lowest BCUT2D eigenvalue weighted by molar-refractivity contribution is 0.137. The molecule has 1 atom stereocenters. The lowest BCUT2D eigenvalue weighted by Crippen LogP contribution is -2.34. The van der Waals surface area contributed by atoms with E-state index < -0.39 is 0 Å². The number of halogens is 1. The van der Waals surface area contributed by atoms with E-state index in [4.69, 9.17) is 15.9 Å². The molecule has 0 aromatic carbocycles. The van der Waals surface area contributed by atoms with Crippen LogP contribution < -0.4 is 10.1 Å². The zero-order valence-electron chi connectivity index (χ0n) is 15.6. The van der Waals surface area contributed by atoms with Gasteiger partial charge in [-0.15, -0.1) is 30.2 Å². The molecule has 27 heavy (non-hydrogen) atoms. The molecule has 0 unspecified atom stereocenters. The molecule has 1 fully saturated rings. The number of nitrogens with one attached hydrogen (secondary N) is 1. The second-order valence-corrected chi connectivity index (χ2v) is 8.22. The Labute approximate surface area is 170 Å². The van der Waals surface area contributed by atoms with E-state index in [-0.39, 0.29) is 18.5 Å². The Balaban J connectivity index is 0.00000210. The van der Waals surface area contributed by atoms with Crippen molar-refractivity contribution in [3.8, 4) is 18.2 Å². The number of thiophene rings is 1. The first-order valence-corrected chi connectivity index (χ1v) is 10.2. The summed E-state index contributed by atoms with van der Waals surface area (Å²) in [4.78, 5) is 11.4. The van der Waals surface area contributed by atoms with Crippen LogP contribution in [0.3, 0.4) is 0 Å². The van der Waals surface area contributed by atoms with Gasteiger partial charge in [-0.05, 0) is 51.1 Å². The zero-order valence-corrected chi connectivity index (χ0v) is 17.2. The molecular weight excluding hydrogens is 382 g/mol. The van der Waals surface area contributed by atoms with Crippen molar-refractivity contribution >= 4 is 34.0 Å². The van der Waals surface area contributed by atoms with Crippen LogP contribution in [0.1, 0.15) is 48.5 Å². The topological polar surface area (TPSA) is 56.3 Å². The Hall–Kier alpha value is -1.39. The number of aryl methyl sites for hydroxylation is 1. The second-order valence-electron chi connectivity index (χ2n) is 7.13. The van der Waals surface area contributed by atoms with Crippen molar-refractivity contribution in [3.63, 3.8) is 0 Å². The minimum absolute atomic E-state index is 0. The van der Waals surface area contributed by atoms with Crippen LogP contribution in [-0.4, -0.2) is 42.4 Å². The standard InChI is InChI=1S/C20H25N3O2S.ClH/c1-3-10-24-11-13-4-9-16-17(13)18-19(22-12-23-20(18)26-16)25-15-7-5-14(21-2)6-8-15;/h1,12-15,21H,4-11H2,2H3;1H/t13-,14?,15?;/m1./s1. The van der Waals surface area contributed by atoms with Crippen LogP contribution in [0.5, 0.6) is 5.88 Å². The fourth-order valence-electron chi connectivity index (χ4n) is 4.18. The molecule has 2 aliphatic carbocycles. The third kappa shape index (κ3) is 4.22. The van der Waals surface area contributed by atoms with Crippen LogP contribution in [0.4, 0.5) is 0 Å². The molecule has 0 bridgehead atoms. The van der Waals surface area contributed by atoms with Gasteiger partial charge in [0, 0.05) is 16.8 Å². The Morgan fingerprint density at radius 3 is 2.81 bits per heavy atom. The summed E-state index contributed by atoms with van der Waals surface area (Å²) >= 11 is 1.77. The van der Waals surface area contributed by atoms with Gasteiger partial charge in [0.25, 0.3) is 0 Å². The molecule has 0 aliphatic heterocycles. The Kier molecular flexibility index (Phi) is 6.93. The highest BCUT2D eigenvalue weighted by Gasteiger charge is 2.31. The molecule has 1 N–H and O–H groups in total. The van der Waals surface area contributed by atoms with Crippen molar-refractivity contribution in [1.82, 2.24) is 15.3 Å².